The van der Waals surface area contributed by atoms with Crippen molar-refractivity contribution in [3.63, 3.8) is 0 Å². The molecule has 0 bridgehead atoms. The number of carbonyl (C=O) groups is 2. The van der Waals surface area contributed by atoms with Crippen LogP contribution in [0.4, 0.5) is 11.5 Å². The zero-order valence-corrected chi connectivity index (χ0v) is 16.3. The number of aryl methyl sites for hydroxylation is 1. The molecule has 148 valence electrons. The Morgan fingerprint density at radius 1 is 0.966 bits per heavy atom. The van der Waals surface area contributed by atoms with E-state index in [1.165, 1.54) is 0 Å². The molecule has 0 atom stereocenters. The molecule has 0 saturated heterocycles. The number of hydrogen-bond donors (Lipinski definition) is 2. The normalized spacial score (nSPS) is 10.3. The van der Waals surface area contributed by atoms with Gasteiger partial charge in [-0.2, -0.15) is 0 Å². The van der Waals surface area contributed by atoms with Gasteiger partial charge in [-0.1, -0.05) is 36.4 Å². The van der Waals surface area contributed by atoms with Crippen LogP contribution in [0.5, 0.6) is 0 Å². The highest BCUT2D eigenvalue weighted by atomic mass is 16.5. The maximum Gasteiger partial charge on any atom is 0.340 e. The molecule has 0 saturated carbocycles. The maximum absolute atomic E-state index is 12.3. The number of para-hydroxylation sites is 1. The molecule has 1 amide bonds. The first kappa shape index (κ1) is 20.0. The summed E-state index contributed by atoms with van der Waals surface area (Å²) in [4.78, 5) is 24.4. The first-order valence-corrected chi connectivity index (χ1v) is 9.28. The highest BCUT2D eigenvalue weighted by Gasteiger charge is 2.13. The predicted molar refractivity (Wildman–Crippen MR) is 110 cm³/mol. The second-order valence-corrected chi connectivity index (χ2v) is 6.30. The van der Waals surface area contributed by atoms with Gasteiger partial charge in [-0.15, -0.1) is 10.2 Å². The molecular weight excluding hydrogens is 368 g/mol. The van der Waals surface area contributed by atoms with Crippen molar-refractivity contribution in [1.29, 1.82) is 0 Å². The molecule has 29 heavy (non-hydrogen) atoms. The summed E-state index contributed by atoms with van der Waals surface area (Å²) >= 11 is 0. The number of aromatic nitrogens is 2. The Morgan fingerprint density at radius 2 is 1.72 bits per heavy atom. The number of esters is 1. The highest BCUT2D eigenvalue weighted by Crippen LogP contribution is 2.20. The minimum atomic E-state index is -0.421. The van der Waals surface area contributed by atoms with Gasteiger partial charge >= 0.3 is 5.97 Å². The van der Waals surface area contributed by atoms with Crippen molar-refractivity contribution in [3.8, 4) is 0 Å². The lowest BCUT2D eigenvalue weighted by Crippen LogP contribution is -2.24. The van der Waals surface area contributed by atoms with Crippen LogP contribution in [0.15, 0.2) is 60.7 Å². The fraction of sp³-hybridized carbons (Fsp3) is 0.182. The molecule has 2 N–H and O–H groups in total. The number of rotatable bonds is 7. The van der Waals surface area contributed by atoms with E-state index in [0.717, 1.165) is 11.1 Å². The number of amides is 1. The van der Waals surface area contributed by atoms with E-state index in [4.69, 9.17) is 4.74 Å². The molecule has 0 spiro atoms. The summed E-state index contributed by atoms with van der Waals surface area (Å²) in [5.41, 5.74) is 3.32. The highest BCUT2D eigenvalue weighted by molar-refractivity contribution is 5.96. The molecule has 3 rings (SSSR count). The van der Waals surface area contributed by atoms with E-state index in [-0.39, 0.29) is 11.6 Å². The fourth-order valence-corrected chi connectivity index (χ4v) is 2.71. The van der Waals surface area contributed by atoms with Crippen molar-refractivity contribution in [3.05, 3.63) is 83.0 Å². The number of carbonyl (C=O) groups excluding carboxylic acids is 2. The van der Waals surface area contributed by atoms with Crippen molar-refractivity contribution < 1.29 is 14.3 Å². The third-order valence-electron chi connectivity index (χ3n) is 4.28. The lowest BCUT2D eigenvalue weighted by molar-refractivity contribution is 0.0527. The molecule has 7 heteroatoms. The van der Waals surface area contributed by atoms with Gasteiger partial charge in [-0.3, -0.25) is 4.79 Å². The van der Waals surface area contributed by atoms with E-state index >= 15 is 0 Å². The number of nitrogens with zero attached hydrogens (tertiary/aromatic N) is 2. The van der Waals surface area contributed by atoms with Crippen LogP contribution in [-0.2, 0) is 11.3 Å². The Morgan fingerprint density at radius 3 is 2.45 bits per heavy atom. The van der Waals surface area contributed by atoms with E-state index in [9.17, 15) is 9.59 Å². The molecule has 0 aliphatic heterocycles. The van der Waals surface area contributed by atoms with Crippen LogP contribution in [0, 0.1) is 6.92 Å². The Labute approximate surface area is 169 Å². The Kier molecular flexibility index (Phi) is 6.52. The van der Waals surface area contributed by atoms with Crippen LogP contribution >= 0.6 is 0 Å². The second kappa shape index (κ2) is 9.45. The zero-order valence-electron chi connectivity index (χ0n) is 16.3. The van der Waals surface area contributed by atoms with Crippen LogP contribution < -0.4 is 10.6 Å². The van der Waals surface area contributed by atoms with E-state index in [1.54, 1.807) is 43.3 Å². The number of nitrogens with one attached hydrogen (secondary N) is 2. The van der Waals surface area contributed by atoms with Gasteiger partial charge in [0.05, 0.1) is 17.9 Å². The summed E-state index contributed by atoms with van der Waals surface area (Å²) < 4.78 is 5.06. The Balaban J connectivity index is 1.66. The number of benzene rings is 2. The maximum atomic E-state index is 12.3. The summed E-state index contributed by atoms with van der Waals surface area (Å²) in [7, 11) is 0. The van der Waals surface area contributed by atoms with Gasteiger partial charge in [-0.05, 0) is 49.2 Å². The van der Waals surface area contributed by atoms with E-state index in [0.29, 0.717) is 30.2 Å². The smallest absolute Gasteiger partial charge is 0.340 e. The van der Waals surface area contributed by atoms with Crippen LogP contribution in [0.2, 0.25) is 0 Å². The van der Waals surface area contributed by atoms with Gasteiger partial charge in [-0.25, -0.2) is 4.79 Å². The number of hydrogen-bond acceptors (Lipinski definition) is 6. The number of ether oxygens (including phenoxy) is 1. The lowest BCUT2D eigenvalue weighted by atomic mass is 10.1. The summed E-state index contributed by atoms with van der Waals surface area (Å²) in [6, 6.07) is 18.0. The number of anilines is 2. The first-order chi connectivity index (χ1) is 14.1. The molecule has 1 aromatic heterocycles. The molecule has 0 unspecified atom stereocenters. The molecule has 0 aliphatic carbocycles. The molecule has 3 aromatic rings. The molecule has 0 fully saturated rings. The van der Waals surface area contributed by atoms with Crippen LogP contribution in [0.3, 0.4) is 0 Å². The molecule has 2 aromatic carbocycles. The van der Waals surface area contributed by atoms with Gasteiger partial charge < -0.3 is 15.4 Å². The summed E-state index contributed by atoms with van der Waals surface area (Å²) in [5, 5.41) is 13.9. The molecule has 1 heterocycles. The fourth-order valence-electron chi connectivity index (χ4n) is 2.71. The third-order valence-corrected chi connectivity index (χ3v) is 4.28. The van der Waals surface area contributed by atoms with Crippen LogP contribution in [0.1, 0.15) is 38.9 Å². The Bertz CT molecular complexity index is 1000. The minimum Gasteiger partial charge on any atom is -0.462 e. The second-order valence-electron chi connectivity index (χ2n) is 6.30. The topological polar surface area (TPSA) is 93.2 Å². The van der Waals surface area contributed by atoms with Gasteiger partial charge in [0.15, 0.2) is 11.5 Å². The predicted octanol–water partition coefficient (Wildman–Crippen LogP) is 3.64. The van der Waals surface area contributed by atoms with Crippen molar-refractivity contribution >= 4 is 23.4 Å². The van der Waals surface area contributed by atoms with Gasteiger partial charge in [0.1, 0.15) is 0 Å². The van der Waals surface area contributed by atoms with Gasteiger partial charge in [0.25, 0.3) is 5.91 Å². The lowest BCUT2D eigenvalue weighted by Gasteiger charge is -2.11. The van der Waals surface area contributed by atoms with Crippen molar-refractivity contribution in [2.24, 2.45) is 0 Å². The first-order valence-electron chi connectivity index (χ1n) is 9.28. The molecule has 0 radical (unpaired) electrons. The quantitative estimate of drug-likeness (QED) is 0.599. The molecule has 0 aliphatic rings. The SMILES string of the molecule is CCOC(=O)c1ccccc1Nc1ccc(C(=O)NCc2ccccc2C)nn1. The van der Waals surface area contributed by atoms with Gasteiger partial charge in [0.2, 0.25) is 0 Å². The molecule has 7 nitrogen and oxygen atoms in total. The van der Waals surface area contributed by atoms with Gasteiger partial charge in [0, 0.05) is 6.54 Å². The van der Waals surface area contributed by atoms with E-state index in [2.05, 4.69) is 20.8 Å². The van der Waals surface area contributed by atoms with Crippen molar-refractivity contribution in [1.82, 2.24) is 15.5 Å². The van der Waals surface area contributed by atoms with Crippen molar-refractivity contribution in [2.45, 2.75) is 20.4 Å². The monoisotopic (exact) mass is 390 g/mol. The average Bonchev–Trinajstić information content (AvgIpc) is 2.74. The van der Waals surface area contributed by atoms with E-state index < -0.39 is 5.97 Å². The van der Waals surface area contributed by atoms with E-state index in [1.807, 2.05) is 31.2 Å². The van der Waals surface area contributed by atoms with Crippen LogP contribution in [0.25, 0.3) is 0 Å². The van der Waals surface area contributed by atoms with Crippen LogP contribution in [-0.4, -0.2) is 28.7 Å². The summed E-state index contributed by atoms with van der Waals surface area (Å²) in [6.07, 6.45) is 0. The summed E-state index contributed by atoms with van der Waals surface area (Å²) in [5.74, 6) is -0.313. The summed E-state index contributed by atoms with van der Waals surface area (Å²) in [6.45, 7) is 4.46. The third kappa shape index (κ3) is 5.16. The Hall–Kier alpha value is -3.74. The zero-order chi connectivity index (χ0) is 20.6. The van der Waals surface area contributed by atoms with Crippen molar-refractivity contribution in [2.75, 3.05) is 11.9 Å². The molecular formula is C22H22N4O3. The minimum absolute atomic E-state index is 0.211. The largest absolute Gasteiger partial charge is 0.462 e. The standard InChI is InChI=1S/C22H22N4O3/c1-3-29-22(28)17-10-6-7-11-18(17)24-20-13-12-19(25-26-20)21(27)23-14-16-9-5-4-8-15(16)2/h4-13H,3,14H2,1-2H3,(H,23,27)(H,24,26). The average molecular weight is 390 g/mol.